The summed E-state index contributed by atoms with van der Waals surface area (Å²) in [5.74, 6) is -1.41. The van der Waals surface area contributed by atoms with Gasteiger partial charge in [0.05, 0.1) is 12.5 Å². The van der Waals surface area contributed by atoms with E-state index in [0.29, 0.717) is 17.7 Å². The Labute approximate surface area is 161 Å². The minimum atomic E-state index is -0.492. The van der Waals surface area contributed by atoms with Crippen LogP contribution in [-0.2, 0) is 16.0 Å². The predicted octanol–water partition coefficient (Wildman–Crippen LogP) is 3.97. The number of thiophene rings is 1. The molecule has 27 heavy (non-hydrogen) atoms. The van der Waals surface area contributed by atoms with Gasteiger partial charge in [-0.3, -0.25) is 9.59 Å². The van der Waals surface area contributed by atoms with E-state index < -0.39 is 5.92 Å². The quantitative estimate of drug-likeness (QED) is 0.650. The zero-order valence-electron chi connectivity index (χ0n) is 14.5. The fourth-order valence-electron chi connectivity index (χ4n) is 2.70. The topological polar surface area (TPSA) is 58.2 Å². The minimum absolute atomic E-state index is 0.129. The molecule has 1 atom stereocenters. The van der Waals surface area contributed by atoms with E-state index in [-0.39, 0.29) is 24.2 Å². The Kier molecular flexibility index (Phi) is 6.33. The van der Waals surface area contributed by atoms with E-state index in [9.17, 15) is 14.0 Å². The van der Waals surface area contributed by atoms with Crippen LogP contribution in [0.2, 0.25) is 0 Å². The molecule has 0 aliphatic carbocycles. The first-order valence-electron chi connectivity index (χ1n) is 8.52. The Morgan fingerprint density at radius 2 is 1.70 bits per heavy atom. The minimum Gasteiger partial charge on any atom is -0.346 e. The molecule has 0 saturated carbocycles. The van der Waals surface area contributed by atoms with Crippen molar-refractivity contribution >= 4 is 28.8 Å². The summed E-state index contributed by atoms with van der Waals surface area (Å²) < 4.78 is 13.2. The van der Waals surface area contributed by atoms with Gasteiger partial charge in [-0.15, -0.1) is 11.3 Å². The van der Waals surface area contributed by atoms with Crippen LogP contribution in [0.15, 0.2) is 72.1 Å². The van der Waals surface area contributed by atoms with E-state index in [1.54, 1.807) is 35.6 Å². The monoisotopic (exact) mass is 382 g/mol. The zero-order chi connectivity index (χ0) is 19.1. The van der Waals surface area contributed by atoms with E-state index in [1.165, 1.54) is 12.1 Å². The van der Waals surface area contributed by atoms with Crippen LogP contribution in [0.3, 0.4) is 0 Å². The molecule has 0 aliphatic heterocycles. The highest BCUT2D eigenvalue weighted by Crippen LogP contribution is 2.24. The van der Waals surface area contributed by atoms with Crippen molar-refractivity contribution < 1.29 is 14.0 Å². The van der Waals surface area contributed by atoms with Crippen LogP contribution in [-0.4, -0.2) is 18.4 Å². The largest absolute Gasteiger partial charge is 0.346 e. The summed E-state index contributed by atoms with van der Waals surface area (Å²) in [6.45, 7) is -0.129. The molecule has 1 aromatic heterocycles. The highest BCUT2D eigenvalue weighted by Gasteiger charge is 2.22. The number of carbonyl (C=O) groups is 2. The van der Waals surface area contributed by atoms with E-state index in [2.05, 4.69) is 10.6 Å². The van der Waals surface area contributed by atoms with E-state index in [4.69, 9.17) is 0 Å². The van der Waals surface area contributed by atoms with E-state index in [1.807, 2.05) is 35.7 Å². The number of anilines is 1. The first-order chi connectivity index (χ1) is 13.1. The number of hydrogen-bond acceptors (Lipinski definition) is 3. The van der Waals surface area contributed by atoms with Gasteiger partial charge >= 0.3 is 0 Å². The van der Waals surface area contributed by atoms with Crippen molar-refractivity contribution in [3.63, 3.8) is 0 Å². The lowest BCUT2D eigenvalue weighted by molar-refractivity contribution is -0.125. The lowest BCUT2D eigenvalue weighted by Crippen LogP contribution is -2.36. The highest BCUT2D eigenvalue weighted by molar-refractivity contribution is 7.09. The average Bonchev–Trinajstić information content (AvgIpc) is 3.19. The maximum Gasteiger partial charge on any atom is 0.243 e. The van der Waals surface area contributed by atoms with Gasteiger partial charge in [0.1, 0.15) is 5.82 Å². The zero-order valence-corrected chi connectivity index (χ0v) is 15.3. The lowest BCUT2D eigenvalue weighted by atomic mass is 9.94. The van der Waals surface area contributed by atoms with Gasteiger partial charge in [0, 0.05) is 10.6 Å². The third-order valence-corrected chi connectivity index (χ3v) is 4.95. The number of hydrogen-bond donors (Lipinski definition) is 2. The number of carbonyl (C=O) groups excluding carboxylic acids is 2. The third kappa shape index (κ3) is 5.49. The van der Waals surface area contributed by atoms with Gasteiger partial charge in [0.2, 0.25) is 11.8 Å². The molecule has 4 nitrogen and oxygen atoms in total. The van der Waals surface area contributed by atoms with Gasteiger partial charge in [-0.2, -0.15) is 0 Å². The van der Waals surface area contributed by atoms with Crippen LogP contribution in [0, 0.1) is 5.82 Å². The first kappa shape index (κ1) is 18.8. The molecule has 6 heteroatoms. The second-order valence-electron chi connectivity index (χ2n) is 6.02. The second kappa shape index (κ2) is 9.09. The Morgan fingerprint density at radius 3 is 2.37 bits per heavy atom. The molecule has 2 amide bonds. The number of benzene rings is 2. The molecule has 1 heterocycles. The molecule has 3 rings (SSSR count). The molecular formula is C21H19FN2O2S. The first-order valence-corrected chi connectivity index (χ1v) is 9.40. The Hall–Kier alpha value is -2.99. The molecule has 0 saturated heterocycles. The van der Waals surface area contributed by atoms with Crippen molar-refractivity contribution in [2.24, 2.45) is 0 Å². The van der Waals surface area contributed by atoms with Gasteiger partial charge in [0.25, 0.3) is 0 Å². The van der Waals surface area contributed by atoms with Crippen LogP contribution in [0.1, 0.15) is 16.4 Å². The summed E-state index contributed by atoms with van der Waals surface area (Å²) in [6, 6.07) is 18.8. The van der Waals surface area contributed by atoms with Crippen LogP contribution < -0.4 is 10.6 Å². The van der Waals surface area contributed by atoms with Crippen molar-refractivity contribution in [3.8, 4) is 0 Å². The fourth-order valence-corrected chi connectivity index (χ4v) is 3.46. The molecule has 2 aromatic carbocycles. The molecular weight excluding hydrogens is 363 g/mol. The highest BCUT2D eigenvalue weighted by atomic mass is 32.1. The normalized spacial score (nSPS) is 11.6. The number of para-hydroxylation sites is 1. The van der Waals surface area contributed by atoms with Gasteiger partial charge in [-0.25, -0.2) is 4.39 Å². The van der Waals surface area contributed by atoms with Gasteiger partial charge in [-0.1, -0.05) is 36.4 Å². The Bertz CT molecular complexity index is 880. The SMILES string of the molecule is O=C(CNC(=O)C(Cc1cccs1)c1ccc(F)cc1)Nc1ccccc1. The van der Waals surface area contributed by atoms with Crippen LogP contribution in [0.4, 0.5) is 10.1 Å². The van der Waals surface area contributed by atoms with Gasteiger partial charge in [-0.05, 0) is 47.7 Å². The average molecular weight is 382 g/mol. The summed E-state index contributed by atoms with van der Waals surface area (Å²) in [7, 11) is 0. The summed E-state index contributed by atoms with van der Waals surface area (Å²) in [5, 5.41) is 7.36. The number of amides is 2. The predicted molar refractivity (Wildman–Crippen MR) is 105 cm³/mol. The molecule has 0 fully saturated rings. The molecule has 0 aliphatic rings. The molecule has 0 radical (unpaired) electrons. The summed E-state index contributed by atoms with van der Waals surface area (Å²) in [4.78, 5) is 25.8. The smallest absolute Gasteiger partial charge is 0.243 e. The Balaban J connectivity index is 1.65. The molecule has 138 valence electrons. The maximum atomic E-state index is 13.2. The lowest BCUT2D eigenvalue weighted by Gasteiger charge is -2.17. The maximum absolute atomic E-state index is 13.2. The fraction of sp³-hybridized carbons (Fsp3) is 0.143. The molecule has 3 aromatic rings. The molecule has 0 bridgehead atoms. The third-order valence-electron chi connectivity index (χ3n) is 4.05. The van der Waals surface area contributed by atoms with Crippen molar-refractivity contribution in [2.75, 3.05) is 11.9 Å². The van der Waals surface area contributed by atoms with Crippen LogP contribution in [0.5, 0.6) is 0 Å². The molecule has 1 unspecified atom stereocenters. The van der Waals surface area contributed by atoms with Gasteiger partial charge < -0.3 is 10.6 Å². The van der Waals surface area contributed by atoms with E-state index >= 15 is 0 Å². The van der Waals surface area contributed by atoms with Crippen molar-refractivity contribution in [1.82, 2.24) is 5.32 Å². The molecule has 0 spiro atoms. The van der Waals surface area contributed by atoms with E-state index in [0.717, 1.165) is 4.88 Å². The van der Waals surface area contributed by atoms with Crippen molar-refractivity contribution in [2.45, 2.75) is 12.3 Å². The van der Waals surface area contributed by atoms with Crippen LogP contribution >= 0.6 is 11.3 Å². The molecule has 2 N–H and O–H groups in total. The van der Waals surface area contributed by atoms with Crippen molar-refractivity contribution in [1.29, 1.82) is 0 Å². The van der Waals surface area contributed by atoms with Crippen molar-refractivity contribution in [3.05, 3.63) is 88.4 Å². The standard InChI is InChI=1S/C21H19FN2O2S/c22-16-10-8-15(9-11-16)19(13-18-7-4-12-27-18)21(26)23-14-20(25)24-17-5-2-1-3-6-17/h1-12,19H,13-14H2,(H,23,26)(H,24,25). The van der Waals surface area contributed by atoms with Gasteiger partial charge in [0.15, 0.2) is 0 Å². The number of rotatable bonds is 7. The number of halogens is 1. The summed E-state index contributed by atoms with van der Waals surface area (Å²) in [6.07, 6.45) is 0.495. The summed E-state index contributed by atoms with van der Waals surface area (Å²) >= 11 is 1.56. The summed E-state index contributed by atoms with van der Waals surface area (Å²) in [5.41, 5.74) is 1.39. The Morgan fingerprint density at radius 1 is 0.963 bits per heavy atom. The van der Waals surface area contributed by atoms with Crippen LogP contribution in [0.25, 0.3) is 0 Å². The number of nitrogens with one attached hydrogen (secondary N) is 2. The second-order valence-corrected chi connectivity index (χ2v) is 7.05.